The van der Waals surface area contributed by atoms with Gasteiger partial charge in [-0.25, -0.2) is 4.90 Å². The number of benzene rings is 2. The van der Waals surface area contributed by atoms with Crippen molar-refractivity contribution in [1.82, 2.24) is 10.2 Å². The number of amides is 2. The van der Waals surface area contributed by atoms with Gasteiger partial charge in [0.05, 0.1) is 22.3 Å². The molecule has 1 aliphatic heterocycles. The summed E-state index contributed by atoms with van der Waals surface area (Å²) in [6.45, 7) is 0. The van der Waals surface area contributed by atoms with Gasteiger partial charge in [0.25, 0.3) is 11.8 Å². The highest BCUT2D eigenvalue weighted by Crippen LogP contribution is 2.31. The first-order chi connectivity index (χ1) is 10.2. The number of aromatic amines is 1. The van der Waals surface area contributed by atoms with Crippen LogP contribution < -0.4 is 4.90 Å². The molecular weight excluding hydrogens is 334 g/mol. The van der Waals surface area contributed by atoms with Gasteiger partial charge in [0.2, 0.25) is 0 Å². The van der Waals surface area contributed by atoms with E-state index >= 15 is 0 Å². The summed E-state index contributed by atoms with van der Waals surface area (Å²) in [7, 11) is 0. The number of halogens is 1. The molecule has 1 N–H and O–H groups in total. The zero-order valence-electron chi connectivity index (χ0n) is 10.6. The quantitative estimate of drug-likeness (QED) is 0.691. The van der Waals surface area contributed by atoms with Gasteiger partial charge in [-0.2, -0.15) is 5.10 Å². The molecule has 1 aliphatic rings. The summed E-state index contributed by atoms with van der Waals surface area (Å²) in [6, 6.07) is 12.1. The lowest BCUT2D eigenvalue weighted by Gasteiger charge is -2.13. The van der Waals surface area contributed by atoms with Crippen LogP contribution in [0, 0.1) is 0 Å². The van der Waals surface area contributed by atoms with Gasteiger partial charge in [-0.05, 0) is 46.3 Å². The van der Waals surface area contributed by atoms with Gasteiger partial charge in [0.15, 0.2) is 0 Å². The van der Waals surface area contributed by atoms with E-state index in [1.807, 2.05) is 6.07 Å². The molecule has 0 saturated heterocycles. The van der Waals surface area contributed by atoms with E-state index in [0.717, 1.165) is 9.99 Å². The highest BCUT2D eigenvalue weighted by atomic mass is 79.9. The molecule has 2 aromatic carbocycles. The SMILES string of the molecule is O=C1c2ccccc2C(=O)N1c1ccc2c(Br)[nH]nc2c1. The van der Waals surface area contributed by atoms with Crippen molar-refractivity contribution in [2.24, 2.45) is 0 Å². The summed E-state index contributed by atoms with van der Waals surface area (Å²) < 4.78 is 0.770. The number of carbonyl (C=O) groups is 2. The van der Waals surface area contributed by atoms with Crippen LogP contribution in [0.3, 0.4) is 0 Å². The van der Waals surface area contributed by atoms with Crippen LogP contribution in [-0.4, -0.2) is 22.0 Å². The van der Waals surface area contributed by atoms with Crippen LogP contribution >= 0.6 is 15.9 Å². The number of rotatable bonds is 1. The van der Waals surface area contributed by atoms with Gasteiger partial charge in [0, 0.05) is 5.39 Å². The van der Waals surface area contributed by atoms with Gasteiger partial charge in [-0.3, -0.25) is 14.7 Å². The fraction of sp³-hybridized carbons (Fsp3) is 0. The molecule has 0 saturated carbocycles. The van der Waals surface area contributed by atoms with Gasteiger partial charge in [-0.15, -0.1) is 0 Å². The second-order valence-electron chi connectivity index (χ2n) is 4.73. The van der Waals surface area contributed by atoms with Gasteiger partial charge < -0.3 is 0 Å². The first-order valence-corrected chi connectivity index (χ1v) is 7.07. The summed E-state index contributed by atoms with van der Waals surface area (Å²) in [4.78, 5) is 26.0. The number of H-pyrrole nitrogens is 1. The largest absolute Gasteiger partial charge is 0.270 e. The Morgan fingerprint density at radius 1 is 1.00 bits per heavy atom. The Morgan fingerprint density at radius 3 is 2.33 bits per heavy atom. The predicted octanol–water partition coefficient (Wildman–Crippen LogP) is 3.13. The normalized spacial score (nSPS) is 14.0. The molecule has 102 valence electrons. The molecular formula is C15H8BrN3O2. The van der Waals surface area contributed by atoms with E-state index < -0.39 is 0 Å². The van der Waals surface area contributed by atoms with E-state index in [0.29, 0.717) is 22.3 Å². The Kier molecular flexibility index (Phi) is 2.49. The monoisotopic (exact) mass is 341 g/mol. The zero-order chi connectivity index (χ0) is 14.6. The zero-order valence-corrected chi connectivity index (χ0v) is 12.2. The fourth-order valence-electron chi connectivity index (χ4n) is 2.53. The van der Waals surface area contributed by atoms with Crippen LogP contribution in [0.15, 0.2) is 47.1 Å². The number of hydrogen-bond donors (Lipinski definition) is 1. The minimum Gasteiger partial charge on any atom is -0.270 e. The molecule has 6 heteroatoms. The molecule has 0 fully saturated rings. The van der Waals surface area contributed by atoms with Crippen LogP contribution in [0.25, 0.3) is 10.9 Å². The molecule has 0 bridgehead atoms. The van der Waals surface area contributed by atoms with E-state index in [1.165, 1.54) is 4.90 Å². The smallest absolute Gasteiger partial charge is 0.266 e. The topological polar surface area (TPSA) is 66.1 Å². The maximum atomic E-state index is 12.4. The average molecular weight is 342 g/mol. The average Bonchev–Trinajstić information content (AvgIpc) is 2.99. The predicted molar refractivity (Wildman–Crippen MR) is 81.4 cm³/mol. The first kappa shape index (κ1) is 12.3. The number of anilines is 1. The van der Waals surface area contributed by atoms with E-state index in [4.69, 9.17) is 0 Å². The third-order valence-electron chi connectivity index (χ3n) is 3.54. The summed E-state index contributed by atoms with van der Waals surface area (Å²) >= 11 is 3.36. The third kappa shape index (κ3) is 1.66. The second-order valence-corrected chi connectivity index (χ2v) is 5.52. The standard InChI is InChI=1S/C15H8BrN3O2/c16-13-11-6-5-8(7-12(11)17-18-13)19-14(20)9-3-1-2-4-10(9)15(19)21/h1-7H,(H,17,18). The van der Waals surface area contributed by atoms with E-state index in [2.05, 4.69) is 26.1 Å². The number of hydrogen-bond acceptors (Lipinski definition) is 3. The van der Waals surface area contributed by atoms with E-state index in [9.17, 15) is 9.59 Å². The van der Waals surface area contributed by atoms with Crippen molar-refractivity contribution in [2.75, 3.05) is 4.90 Å². The van der Waals surface area contributed by atoms with Crippen LogP contribution in [0.2, 0.25) is 0 Å². The van der Waals surface area contributed by atoms with Crippen molar-refractivity contribution >= 4 is 44.3 Å². The summed E-state index contributed by atoms with van der Waals surface area (Å²) in [5.74, 6) is -0.603. The molecule has 21 heavy (non-hydrogen) atoms. The Bertz CT molecular complexity index is 881. The lowest BCUT2D eigenvalue weighted by molar-refractivity contribution is 0.0926. The molecule has 0 radical (unpaired) electrons. The fourth-order valence-corrected chi connectivity index (χ4v) is 2.95. The van der Waals surface area contributed by atoms with Crippen molar-refractivity contribution in [3.8, 4) is 0 Å². The molecule has 3 aromatic rings. The lowest BCUT2D eigenvalue weighted by atomic mass is 10.1. The number of aromatic nitrogens is 2. The van der Waals surface area contributed by atoms with Crippen LogP contribution in [0.5, 0.6) is 0 Å². The Balaban J connectivity index is 1.86. The maximum absolute atomic E-state index is 12.4. The Labute approximate surface area is 127 Å². The molecule has 0 aliphatic carbocycles. The number of carbonyl (C=O) groups excluding carboxylic acids is 2. The van der Waals surface area contributed by atoms with Crippen LogP contribution in [0.1, 0.15) is 20.7 Å². The second kappa shape index (κ2) is 4.26. The molecule has 4 rings (SSSR count). The highest BCUT2D eigenvalue weighted by molar-refractivity contribution is 9.10. The van der Waals surface area contributed by atoms with Crippen molar-refractivity contribution in [3.63, 3.8) is 0 Å². The molecule has 1 aromatic heterocycles. The molecule has 2 heterocycles. The van der Waals surface area contributed by atoms with Gasteiger partial charge in [-0.1, -0.05) is 12.1 Å². The van der Waals surface area contributed by atoms with Gasteiger partial charge in [0.1, 0.15) is 4.60 Å². The minimum absolute atomic E-state index is 0.301. The molecule has 0 unspecified atom stereocenters. The Morgan fingerprint density at radius 2 is 1.67 bits per heavy atom. The third-order valence-corrected chi connectivity index (χ3v) is 4.15. The maximum Gasteiger partial charge on any atom is 0.266 e. The van der Waals surface area contributed by atoms with Gasteiger partial charge >= 0.3 is 0 Å². The number of nitrogens with one attached hydrogen (secondary N) is 1. The molecule has 0 spiro atoms. The summed E-state index contributed by atoms with van der Waals surface area (Å²) in [5.41, 5.74) is 2.08. The van der Waals surface area contributed by atoms with Crippen molar-refractivity contribution in [2.45, 2.75) is 0 Å². The van der Waals surface area contributed by atoms with Crippen molar-refractivity contribution < 1.29 is 9.59 Å². The molecule has 5 nitrogen and oxygen atoms in total. The highest BCUT2D eigenvalue weighted by Gasteiger charge is 2.36. The molecule has 2 amide bonds. The number of imide groups is 1. The van der Waals surface area contributed by atoms with Crippen LogP contribution in [-0.2, 0) is 0 Å². The van der Waals surface area contributed by atoms with E-state index in [1.54, 1.807) is 36.4 Å². The molecule has 0 atom stereocenters. The van der Waals surface area contributed by atoms with Crippen molar-refractivity contribution in [1.29, 1.82) is 0 Å². The number of fused-ring (bicyclic) bond motifs is 2. The first-order valence-electron chi connectivity index (χ1n) is 6.28. The van der Waals surface area contributed by atoms with Crippen molar-refractivity contribution in [3.05, 3.63) is 58.2 Å². The number of nitrogens with zero attached hydrogens (tertiary/aromatic N) is 2. The van der Waals surface area contributed by atoms with Crippen LogP contribution in [0.4, 0.5) is 5.69 Å². The lowest BCUT2D eigenvalue weighted by Crippen LogP contribution is -2.29. The van der Waals surface area contributed by atoms with E-state index in [-0.39, 0.29) is 11.8 Å². The Hall–Kier alpha value is -2.47. The summed E-state index contributed by atoms with van der Waals surface area (Å²) in [6.07, 6.45) is 0. The minimum atomic E-state index is -0.301. The summed E-state index contributed by atoms with van der Waals surface area (Å²) in [5, 5.41) is 7.84.